The lowest BCUT2D eigenvalue weighted by atomic mass is 9.99. The van der Waals surface area contributed by atoms with E-state index in [4.69, 9.17) is 4.74 Å². The van der Waals surface area contributed by atoms with Crippen molar-refractivity contribution in [1.29, 1.82) is 0 Å². The smallest absolute Gasteiger partial charge is 0.264 e. The number of carbonyl (C=O) groups is 1. The molecule has 4 nitrogen and oxygen atoms in total. The Kier molecular flexibility index (Phi) is 5.32. The van der Waals surface area contributed by atoms with Crippen LogP contribution in [0.1, 0.15) is 16.7 Å². The summed E-state index contributed by atoms with van der Waals surface area (Å²) in [5.41, 5.74) is 5.64. The fourth-order valence-corrected chi connectivity index (χ4v) is 3.98. The number of rotatable bonds is 5. The summed E-state index contributed by atoms with van der Waals surface area (Å²) in [5, 5.41) is 7.59. The van der Waals surface area contributed by atoms with Gasteiger partial charge in [0.15, 0.2) is 11.7 Å². The van der Waals surface area contributed by atoms with Gasteiger partial charge in [0.2, 0.25) is 0 Å². The predicted octanol–water partition coefficient (Wildman–Crippen LogP) is 5.91. The SMILES string of the molecule is Cc1cc(C)c(-c2csc(NC(=O)COc3ccc4ccccc4c3)n2)cc1C. The van der Waals surface area contributed by atoms with Crippen LogP contribution < -0.4 is 10.1 Å². The van der Waals surface area contributed by atoms with Crippen molar-refractivity contribution < 1.29 is 9.53 Å². The van der Waals surface area contributed by atoms with Crippen LogP contribution in [0.3, 0.4) is 0 Å². The van der Waals surface area contributed by atoms with Gasteiger partial charge in [0.1, 0.15) is 5.75 Å². The number of aryl methyl sites for hydroxylation is 3. The number of fused-ring (bicyclic) bond motifs is 1. The molecular weight excluding hydrogens is 380 g/mol. The highest BCUT2D eigenvalue weighted by atomic mass is 32.1. The van der Waals surface area contributed by atoms with E-state index in [1.165, 1.54) is 28.0 Å². The Morgan fingerprint density at radius 3 is 2.55 bits per heavy atom. The molecule has 3 aromatic carbocycles. The summed E-state index contributed by atoms with van der Waals surface area (Å²) in [4.78, 5) is 16.9. The quantitative estimate of drug-likeness (QED) is 0.452. The number of nitrogens with one attached hydrogen (secondary N) is 1. The van der Waals surface area contributed by atoms with E-state index in [2.05, 4.69) is 43.2 Å². The van der Waals surface area contributed by atoms with Crippen molar-refractivity contribution in [1.82, 2.24) is 4.98 Å². The van der Waals surface area contributed by atoms with Crippen LogP contribution >= 0.6 is 11.3 Å². The van der Waals surface area contributed by atoms with Crippen LogP contribution in [0.5, 0.6) is 5.75 Å². The third kappa shape index (κ3) is 4.30. The number of ether oxygens (including phenoxy) is 1. The van der Waals surface area contributed by atoms with Crippen LogP contribution in [-0.2, 0) is 4.79 Å². The molecule has 1 amide bonds. The van der Waals surface area contributed by atoms with Crippen LogP contribution in [0, 0.1) is 20.8 Å². The van der Waals surface area contributed by atoms with E-state index in [1.807, 2.05) is 47.8 Å². The molecule has 0 unspecified atom stereocenters. The first-order valence-electron chi connectivity index (χ1n) is 9.45. The maximum atomic E-state index is 12.3. The molecule has 1 N–H and O–H groups in total. The van der Waals surface area contributed by atoms with Crippen molar-refractivity contribution in [2.45, 2.75) is 20.8 Å². The molecule has 0 aliphatic heterocycles. The molecule has 4 aromatic rings. The van der Waals surface area contributed by atoms with Crippen LogP contribution in [0.25, 0.3) is 22.0 Å². The second-order valence-electron chi connectivity index (χ2n) is 7.14. The molecule has 0 saturated carbocycles. The lowest BCUT2D eigenvalue weighted by molar-refractivity contribution is -0.118. The van der Waals surface area contributed by atoms with Crippen LogP contribution in [-0.4, -0.2) is 17.5 Å². The number of hydrogen-bond donors (Lipinski definition) is 1. The van der Waals surface area contributed by atoms with Gasteiger partial charge in [-0.25, -0.2) is 4.98 Å². The maximum absolute atomic E-state index is 12.3. The summed E-state index contributed by atoms with van der Waals surface area (Å²) in [6.07, 6.45) is 0. The fourth-order valence-electron chi connectivity index (χ4n) is 3.25. The Morgan fingerprint density at radius 1 is 0.966 bits per heavy atom. The molecule has 146 valence electrons. The average Bonchev–Trinajstić information content (AvgIpc) is 3.17. The molecule has 4 rings (SSSR count). The summed E-state index contributed by atoms with van der Waals surface area (Å²) in [6.45, 7) is 6.22. The van der Waals surface area contributed by atoms with E-state index in [1.54, 1.807) is 0 Å². The van der Waals surface area contributed by atoms with Crippen molar-refractivity contribution in [3.8, 4) is 17.0 Å². The minimum atomic E-state index is -0.226. The molecule has 0 radical (unpaired) electrons. The van der Waals surface area contributed by atoms with Gasteiger partial charge >= 0.3 is 0 Å². The average molecular weight is 403 g/mol. The Hall–Kier alpha value is -3.18. The molecular formula is C24H22N2O2S. The third-order valence-corrected chi connectivity index (χ3v) is 5.72. The molecule has 0 spiro atoms. The number of carbonyl (C=O) groups excluding carboxylic acids is 1. The summed E-state index contributed by atoms with van der Waals surface area (Å²) in [6, 6.07) is 18.2. The highest BCUT2D eigenvalue weighted by molar-refractivity contribution is 7.14. The summed E-state index contributed by atoms with van der Waals surface area (Å²) >= 11 is 1.42. The van der Waals surface area contributed by atoms with Crippen LogP contribution in [0.2, 0.25) is 0 Å². The van der Waals surface area contributed by atoms with Gasteiger partial charge in [0.05, 0.1) is 5.69 Å². The molecule has 5 heteroatoms. The number of anilines is 1. The topological polar surface area (TPSA) is 51.2 Å². The normalized spacial score (nSPS) is 10.9. The molecule has 0 atom stereocenters. The van der Waals surface area contributed by atoms with Crippen molar-refractivity contribution in [2.24, 2.45) is 0 Å². The van der Waals surface area contributed by atoms with Gasteiger partial charge < -0.3 is 4.74 Å². The van der Waals surface area contributed by atoms with Crippen LogP contribution in [0.4, 0.5) is 5.13 Å². The Bertz CT molecular complexity index is 1200. The first kappa shape index (κ1) is 19.2. The van der Waals surface area contributed by atoms with Crippen molar-refractivity contribution in [2.75, 3.05) is 11.9 Å². The van der Waals surface area contributed by atoms with Gasteiger partial charge in [-0.2, -0.15) is 0 Å². The standard InChI is InChI=1S/C24H22N2O2S/c1-15-10-17(3)21(11-16(15)2)22-14-29-24(25-22)26-23(27)13-28-20-9-8-18-6-4-5-7-19(18)12-20/h4-12,14H,13H2,1-3H3,(H,25,26,27). The minimum Gasteiger partial charge on any atom is -0.484 e. The molecule has 1 aromatic heterocycles. The maximum Gasteiger partial charge on any atom is 0.264 e. The van der Waals surface area contributed by atoms with E-state index in [0.29, 0.717) is 10.9 Å². The molecule has 0 aliphatic rings. The predicted molar refractivity (Wildman–Crippen MR) is 120 cm³/mol. The molecule has 0 bridgehead atoms. The number of amides is 1. The summed E-state index contributed by atoms with van der Waals surface area (Å²) in [5.74, 6) is 0.445. The molecule has 29 heavy (non-hydrogen) atoms. The Labute approximate surface area is 174 Å². The second-order valence-corrected chi connectivity index (χ2v) is 7.99. The molecule has 0 fully saturated rings. The summed E-state index contributed by atoms with van der Waals surface area (Å²) in [7, 11) is 0. The lowest BCUT2D eigenvalue weighted by Crippen LogP contribution is -2.20. The fraction of sp³-hybridized carbons (Fsp3) is 0.167. The zero-order valence-corrected chi connectivity index (χ0v) is 17.5. The van der Waals surface area contributed by atoms with E-state index < -0.39 is 0 Å². The Morgan fingerprint density at radius 2 is 1.72 bits per heavy atom. The number of thiazole rings is 1. The number of nitrogens with zero attached hydrogens (tertiary/aromatic N) is 1. The lowest BCUT2D eigenvalue weighted by Gasteiger charge is -2.08. The first-order chi connectivity index (χ1) is 14.0. The van der Waals surface area contributed by atoms with Gasteiger partial charge in [0, 0.05) is 10.9 Å². The van der Waals surface area contributed by atoms with E-state index in [9.17, 15) is 4.79 Å². The molecule has 0 aliphatic carbocycles. The van der Waals surface area contributed by atoms with Crippen molar-refractivity contribution in [3.05, 3.63) is 76.7 Å². The zero-order chi connectivity index (χ0) is 20.4. The minimum absolute atomic E-state index is 0.0596. The van der Waals surface area contributed by atoms with Gasteiger partial charge in [-0.15, -0.1) is 11.3 Å². The van der Waals surface area contributed by atoms with Crippen LogP contribution in [0.15, 0.2) is 60.0 Å². The summed E-state index contributed by atoms with van der Waals surface area (Å²) < 4.78 is 5.65. The van der Waals surface area contributed by atoms with Gasteiger partial charge in [-0.05, 0) is 66.4 Å². The Balaban J connectivity index is 1.40. The third-order valence-electron chi connectivity index (χ3n) is 4.96. The highest BCUT2D eigenvalue weighted by Crippen LogP contribution is 2.29. The number of benzene rings is 3. The van der Waals surface area contributed by atoms with Gasteiger partial charge in [0.25, 0.3) is 5.91 Å². The van der Waals surface area contributed by atoms with Gasteiger partial charge in [-0.1, -0.05) is 36.4 Å². The zero-order valence-electron chi connectivity index (χ0n) is 16.7. The van der Waals surface area contributed by atoms with E-state index >= 15 is 0 Å². The highest BCUT2D eigenvalue weighted by Gasteiger charge is 2.11. The monoisotopic (exact) mass is 402 g/mol. The van der Waals surface area contributed by atoms with E-state index in [0.717, 1.165) is 22.0 Å². The molecule has 0 saturated heterocycles. The van der Waals surface area contributed by atoms with Crippen molar-refractivity contribution in [3.63, 3.8) is 0 Å². The number of hydrogen-bond acceptors (Lipinski definition) is 4. The van der Waals surface area contributed by atoms with Crippen molar-refractivity contribution >= 4 is 33.1 Å². The number of aromatic nitrogens is 1. The first-order valence-corrected chi connectivity index (χ1v) is 10.3. The van der Waals surface area contributed by atoms with Gasteiger partial charge in [-0.3, -0.25) is 10.1 Å². The largest absolute Gasteiger partial charge is 0.484 e. The second kappa shape index (κ2) is 8.05. The molecule has 1 heterocycles. The van der Waals surface area contributed by atoms with E-state index in [-0.39, 0.29) is 12.5 Å².